The molecule has 0 aliphatic rings. The number of aromatic nitrogens is 3. The lowest BCUT2D eigenvalue weighted by molar-refractivity contribution is 0.668. The number of hydrogen-bond donors (Lipinski definition) is 0. The van der Waals surface area contributed by atoms with E-state index in [1.807, 2.05) is 91.0 Å². The Morgan fingerprint density at radius 3 is 1.88 bits per heavy atom. The first-order valence-corrected chi connectivity index (χ1v) is 16.4. The number of para-hydroxylation sites is 1. The predicted molar refractivity (Wildman–Crippen MR) is 199 cm³/mol. The molecule has 0 radical (unpaired) electrons. The van der Waals surface area contributed by atoms with Crippen molar-refractivity contribution in [2.45, 2.75) is 0 Å². The maximum atomic E-state index is 7.05. The Labute approximate surface area is 285 Å². The highest BCUT2D eigenvalue weighted by molar-refractivity contribution is 6.34. The third-order valence-electron chi connectivity index (χ3n) is 9.17. The lowest BCUT2D eigenvalue weighted by Crippen LogP contribution is -2.01. The van der Waals surface area contributed by atoms with Crippen LogP contribution in [0.4, 0.5) is 0 Å². The van der Waals surface area contributed by atoms with E-state index in [4.69, 9.17) is 35.4 Å². The van der Waals surface area contributed by atoms with E-state index in [-0.39, 0.29) is 0 Å². The Bertz CT molecular complexity index is 2910. The van der Waals surface area contributed by atoms with Crippen LogP contribution >= 0.6 is 11.6 Å². The van der Waals surface area contributed by atoms with E-state index < -0.39 is 0 Å². The number of rotatable bonds is 4. The molecule has 0 aliphatic carbocycles. The Morgan fingerprint density at radius 2 is 1.00 bits per heavy atom. The van der Waals surface area contributed by atoms with Crippen molar-refractivity contribution in [3.05, 3.63) is 151 Å². The molecule has 0 aliphatic heterocycles. The van der Waals surface area contributed by atoms with E-state index in [9.17, 15) is 0 Å². The summed E-state index contributed by atoms with van der Waals surface area (Å²) in [5.74, 6) is 1.54. The van der Waals surface area contributed by atoms with Crippen molar-refractivity contribution in [3.8, 4) is 45.3 Å². The molecule has 3 heterocycles. The molecule has 0 amide bonds. The first-order valence-electron chi connectivity index (χ1n) is 16.0. The van der Waals surface area contributed by atoms with Gasteiger partial charge in [-0.3, -0.25) is 0 Å². The zero-order valence-electron chi connectivity index (χ0n) is 25.9. The second kappa shape index (κ2) is 10.9. The summed E-state index contributed by atoms with van der Waals surface area (Å²) in [6.45, 7) is 0. The van der Waals surface area contributed by atoms with Gasteiger partial charge in [0, 0.05) is 44.3 Å². The van der Waals surface area contributed by atoms with Crippen LogP contribution in [0.25, 0.3) is 99.9 Å². The minimum Gasteiger partial charge on any atom is -0.456 e. The van der Waals surface area contributed by atoms with Gasteiger partial charge in [0.15, 0.2) is 17.5 Å². The molecule has 0 saturated heterocycles. The van der Waals surface area contributed by atoms with Crippen LogP contribution in [-0.2, 0) is 0 Å². The van der Waals surface area contributed by atoms with Crippen LogP contribution < -0.4 is 0 Å². The summed E-state index contributed by atoms with van der Waals surface area (Å²) in [7, 11) is 0. The molecule has 0 N–H and O–H groups in total. The van der Waals surface area contributed by atoms with Gasteiger partial charge in [-0.15, -0.1) is 0 Å². The highest BCUT2D eigenvalue weighted by Gasteiger charge is 2.20. The van der Waals surface area contributed by atoms with Crippen molar-refractivity contribution in [3.63, 3.8) is 0 Å². The van der Waals surface area contributed by atoms with Crippen LogP contribution in [0.2, 0.25) is 5.02 Å². The summed E-state index contributed by atoms with van der Waals surface area (Å²) in [4.78, 5) is 15.3. The number of hydrogen-bond acceptors (Lipinski definition) is 5. The summed E-state index contributed by atoms with van der Waals surface area (Å²) < 4.78 is 12.5. The molecular formula is C43H24ClN3O2. The fraction of sp³-hybridized carbons (Fsp3) is 0. The van der Waals surface area contributed by atoms with Gasteiger partial charge in [-0.05, 0) is 58.3 Å². The molecule has 0 atom stereocenters. The second-order valence-corrected chi connectivity index (χ2v) is 12.6. The van der Waals surface area contributed by atoms with E-state index >= 15 is 0 Å². The molecular weight excluding hydrogens is 626 g/mol. The Morgan fingerprint density at radius 1 is 0.388 bits per heavy atom. The van der Waals surface area contributed by atoms with Crippen molar-refractivity contribution in [1.29, 1.82) is 0 Å². The summed E-state index contributed by atoms with van der Waals surface area (Å²) in [6, 6.07) is 49.0. The summed E-state index contributed by atoms with van der Waals surface area (Å²) in [6.07, 6.45) is 0. The van der Waals surface area contributed by atoms with Crippen molar-refractivity contribution in [2.75, 3.05) is 0 Å². The third-order valence-corrected chi connectivity index (χ3v) is 9.49. The van der Waals surface area contributed by atoms with Crippen molar-refractivity contribution in [1.82, 2.24) is 15.0 Å². The normalized spacial score (nSPS) is 11.8. The lowest BCUT2D eigenvalue weighted by atomic mass is 10.0. The smallest absolute Gasteiger partial charge is 0.165 e. The highest BCUT2D eigenvalue weighted by Crippen LogP contribution is 2.40. The minimum absolute atomic E-state index is 0.469. The van der Waals surface area contributed by atoms with Gasteiger partial charge in [-0.1, -0.05) is 115 Å². The molecule has 7 aromatic carbocycles. The Balaban J connectivity index is 1.23. The summed E-state index contributed by atoms with van der Waals surface area (Å²) in [5.41, 5.74) is 7.68. The van der Waals surface area contributed by atoms with Gasteiger partial charge >= 0.3 is 0 Å². The maximum Gasteiger partial charge on any atom is 0.165 e. The Kier molecular flexibility index (Phi) is 6.16. The molecule has 0 bridgehead atoms. The molecule has 0 unspecified atom stereocenters. The number of benzene rings is 7. The van der Waals surface area contributed by atoms with Crippen LogP contribution in [0.5, 0.6) is 0 Å². The molecule has 0 saturated carbocycles. The fourth-order valence-corrected chi connectivity index (χ4v) is 7.07. The largest absolute Gasteiger partial charge is 0.456 e. The number of nitrogens with zero attached hydrogens (tertiary/aromatic N) is 3. The second-order valence-electron chi connectivity index (χ2n) is 12.2. The number of fused-ring (bicyclic) bond motifs is 7. The van der Waals surface area contributed by atoms with E-state index in [0.29, 0.717) is 33.6 Å². The zero-order chi connectivity index (χ0) is 32.5. The zero-order valence-corrected chi connectivity index (χ0v) is 26.6. The average molecular weight is 650 g/mol. The van der Waals surface area contributed by atoms with Crippen LogP contribution in [0.1, 0.15) is 0 Å². The maximum absolute atomic E-state index is 7.05. The predicted octanol–water partition coefficient (Wildman–Crippen LogP) is 12.1. The number of furan rings is 2. The van der Waals surface area contributed by atoms with Gasteiger partial charge < -0.3 is 8.83 Å². The molecule has 49 heavy (non-hydrogen) atoms. The van der Waals surface area contributed by atoms with E-state index in [2.05, 4.69) is 54.6 Å². The van der Waals surface area contributed by atoms with Gasteiger partial charge in [0.2, 0.25) is 0 Å². The molecule has 10 rings (SSSR count). The number of halogens is 1. The fourth-order valence-electron chi connectivity index (χ4n) is 6.83. The molecule has 10 aromatic rings. The summed E-state index contributed by atoms with van der Waals surface area (Å²) in [5, 5.41) is 6.64. The van der Waals surface area contributed by atoms with Crippen LogP contribution in [0.3, 0.4) is 0 Å². The topological polar surface area (TPSA) is 65.0 Å². The lowest BCUT2D eigenvalue weighted by Gasteiger charge is -2.11. The Hall–Kier alpha value is -6.30. The molecule has 0 fully saturated rings. The van der Waals surface area contributed by atoms with Crippen LogP contribution in [-0.4, -0.2) is 15.0 Å². The standard InChI is InChI=1S/C43H24ClN3O2/c44-35-24-39-33(32-21-27-12-4-5-13-28(27)22-38(32)49-39)23-34(35)43-46-41(29-15-8-14-26(20-29)25-10-2-1-3-11-25)45-42(47-43)31-17-9-19-37-40(31)30-16-6-7-18-36(30)48-37/h1-24H. The average Bonchev–Trinajstić information content (AvgIpc) is 3.71. The van der Waals surface area contributed by atoms with E-state index in [0.717, 1.165) is 71.3 Å². The van der Waals surface area contributed by atoms with Gasteiger partial charge in [0.25, 0.3) is 0 Å². The SMILES string of the molecule is Clc1cc2oc3cc4ccccc4cc3c2cc1-c1nc(-c2cccc(-c3ccccc3)c2)nc(-c2cccc3oc4ccccc4c23)n1. The van der Waals surface area contributed by atoms with Crippen LogP contribution in [0.15, 0.2) is 154 Å². The molecule has 230 valence electrons. The van der Waals surface area contributed by atoms with E-state index in [1.54, 1.807) is 0 Å². The monoisotopic (exact) mass is 649 g/mol. The molecule has 3 aromatic heterocycles. The van der Waals surface area contributed by atoms with Gasteiger partial charge in [0.1, 0.15) is 22.3 Å². The quantitative estimate of drug-likeness (QED) is 0.190. The highest BCUT2D eigenvalue weighted by atomic mass is 35.5. The molecule has 5 nitrogen and oxygen atoms in total. The van der Waals surface area contributed by atoms with Crippen molar-refractivity contribution in [2.24, 2.45) is 0 Å². The molecule has 0 spiro atoms. The van der Waals surface area contributed by atoms with Crippen LogP contribution in [0, 0.1) is 0 Å². The minimum atomic E-state index is 0.469. The van der Waals surface area contributed by atoms with Gasteiger partial charge in [-0.25, -0.2) is 15.0 Å². The first kappa shape index (κ1) is 27.8. The van der Waals surface area contributed by atoms with Crippen molar-refractivity contribution >= 4 is 66.3 Å². The molecule has 6 heteroatoms. The van der Waals surface area contributed by atoms with Crippen molar-refractivity contribution < 1.29 is 8.83 Å². The third kappa shape index (κ3) is 4.59. The first-order chi connectivity index (χ1) is 24.2. The van der Waals surface area contributed by atoms with Gasteiger partial charge in [0.05, 0.1) is 5.02 Å². The summed E-state index contributed by atoms with van der Waals surface area (Å²) >= 11 is 7.05. The van der Waals surface area contributed by atoms with Gasteiger partial charge in [-0.2, -0.15) is 0 Å². The van der Waals surface area contributed by atoms with E-state index in [1.165, 1.54) is 0 Å².